The molecule has 0 spiro atoms. The number of hydrogen-bond donors (Lipinski definition) is 4. The molecule has 6 heteroatoms. The van der Waals surface area contributed by atoms with Gasteiger partial charge < -0.3 is 21.3 Å². The molecular formula is C11H14N2O4. The highest BCUT2D eigenvalue weighted by Crippen LogP contribution is 2.07. The summed E-state index contributed by atoms with van der Waals surface area (Å²) in [6.45, 7) is -0.641. The van der Waals surface area contributed by atoms with Crippen molar-refractivity contribution in [1.82, 2.24) is 5.32 Å². The molecule has 6 nitrogen and oxygen atoms in total. The molecule has 1 unspecified atom stereocenters. The zero-order chi connectivity index (χ0) is 12.8. The van der Waals surface area contributed by atoms with Crippen LogP contribution < -0.4 is 11.1 Å². The highest BCUT2D eigenvalue weighted by atomic mass is 16.4. The van der Waals surface area contributed by atoms with Crippen molar-refractivity contribution in [3.63, 3.8) is 0 Å². The van der Waals surface area contributed by atoms with Crippen LogP contribution in [0.15, 0.2) is 24.3 Å². The zero-order valence-corrected chi connectivity index (χ0v) is 9.09. The number of nitrogens with two attached hydrogens (primary N) is 1. The molecule has 1 amide bonds. The summed E-state index contributed by atoms with van der Waals surface area (Å²) in [5.74, 6) is -1.74. The maximum atomic E-state index is 11.5. The van der Waals surface area contributed by atoms with Gasteiger partial charge in [0.25, 0.3) is 0 Å². The van der Waals surface area contributed by atoms with E-state index in [-0.39, 0.29) is 6.42 Å². The van der Waals surface area contributed by atoms with Crippen LogP contribution in [0.5, 0.6) is 0 Å². The maximum Gasteiger partial charge on any atom is 0.328 e. The molecule has 0 saturated carbocycles. The minimum atomic E-state index is -1.27. The van der Waals surface area contributed by atoms with Gasteiger partial charge in [-0.2, -0.15) is 0 Å². The van der Waals surface area contributed by atoms with E-state index in [4.69, 9.17) is 15.9 Å². The first-order valence-electron chi connectivity index (χ1n) is 5.00. The number of aliphatic hydroxyl groups excluding tert-OH is 1. The molecule has 92 valence electrons. The molecule has 1 aromatic carbocycles. The van der Waals surface area contributed by atoms with Crippen molar-refractivity contribution in [1.29, 1.82) is 0 Å². The van der Waals surface area contributed by atoms with Crippen LogP contribution in [-0.2, 0) is 16.0 Å². The molecule has 0 bridgehead atoms. The predicted octanol–water partition coefficient (Wildman–Crippen LogP) is -0.627. The number of aliphatic hydroxyl groups is 1. The molecule has 0 aliphatic heterocycles. The standard InChI is InChI=1S/C11H14N2O4/c12-8-3-1-2-7(4-8)5-10(15)13-9(6-14)11(16)17/h1-4,9,14H,5-6,12H2,(H,13,15)(H,16,17). The molecule has 0 heterocycles. The SMILES string of the molecule is Nc1cccc(CC(=O)NC(CO)C(=O)O)c1. The third-order valence-corrected chi connectivity index (χ3v) is 2.13. The van der Waals surface area contributed by atoms with E-state index in [9.17, 15) is 9.59 Å². The summed E-state index contributed by atoms with van der Waals surface area (Å²) in [7, 11) is 0. The Bertz CT molecular complexity index is 420. The minimum absolute atomic E-state index is 0.0226. The van der Waals surface area contributed by atoms with Crippen LogP contribution in [0.4, 0.5) is 5.69 Å². The van der Waals surface area contributed by atoms with Gasteiger partial charge in [0.2, 0.25) is 5.91 Å². The lowest BCUT2D eigenvalue weighted by Crippen LogP contribution is -2.43. The minimum Gasteiger partial charge on any atom is -0.480 e. The van der Waals surface area contributed by atoms with E-state index in [0.29, 0.717) is 11.3 Å². The first-order valence-corrected chi connectivity index (χ1v) is 5.00. The maximum absolute atomic E-state index is 11.5. The van der Waals surface area contributed by atoms with Gasteiger partial charge in [-0.1, -0.05) is 12.1 Å². The summed E-state index contributed by atoms with van der Waals surface area (Å²) < 4.78 is 0. The fourth-order valence-electron chi connectivity index (χ4n) is 1.32. The van der Waals surface area contributed by atoms with Crippen molar-refractivity contribution in [3.8, 4) is 0 Å². The van der Waals surface area contributed by atoms with Crippen molar-refractivity contribution in [2.75, 3.05) is 12.3 Å². The van der Waals surface area contributed by atoms with Crippen LogP contribution in [0.2, 0.25) is 0 Å². The van der Waals surface area contributed by atoms with E-state index in [1.54, 1.807) is 24.3 Å². The summed E-state index contributed by atoms with van der Waals surface area (Å²) in [4.78, 5) is 22.0. The highest BCUT2D eigenvalue weighted by molar-refractivity contribution is 5.85. The number of carboxylic acids is 1. The summed E-state index contributed by atoms with van der Waals surface area (Å²) >= 11 is 0. The Hall–Kier alpha value is -2.08. The van der Waals surface area contributed by atoms with Crippen LogP contribution in [0.25, 0.3) is 0 Å². The molecule has 0 fully saturated rings. The average Bonchev–Trinajstić information content (AvgIpc) is 2.25. The van der Waals surface area contributed by atoms with Crippen LogP contribution in [0.1, 0.15) is 5.56 Å². The van der Waals surface area contributed by atoms with Crippen molar-refractivity contribution in [2.24, 2.45) is 0 Å². The Morgan fingerprint density at radius 2 is 2.12 bits per heavy atom. The number of aliphatic carboxylic acids is 1. The number of nitrogen functional groups attached to an aromatic ring is 1. The zero-order valence-electron chi connectivity index (χ0n) is 9.09. The van der Waals surface area contributed by atoms with Crippen LogP contribution in [0.3, 0.4) is 0 Å². The lowest BCUT2D eigenvalue weighted by Gasteiger charge is -2.11. The monoisotopic (exact) mass is 238 g/mol. The van der Waals surface area contributed by atoms with Crippen LogP contribution in [-0.4, -0.2) is 34.7 Å². The molecule has 1 atom stereocenters. The second-order valence-electron chi connectivity index (χ2n) is 3.56. The van der Waals surface area contributed by atoms with Gasteiger partial charge in [-0.05, 0) is 17.7 Å². The van der Waals surface area contributed by atoms with Gasteiger partial charge in [0.15, 0.2) is 0 Å². The summed E-state index contributed by atoms with van der Waals surface area (Å²) in [6.07, 6.45) is 0.0226. The quantitative estimate of drug-likeness (QED) is 0.510. The van der Waals surface area contributed by atoms with Gasteiger partial charge in [0, 0.05) is 5.69 Å². The molecule has 0 aliphatic rings. The Balaban J connectivity index is 2.58. The third kappa shape index (κ3) is 4.12. The number of benzene rings is 1. The topological polar surface area (TPSA) is 113 Å². The number of anilines is 1. The molecule has 0 saturated heterocycles. The fourth-order valence-corrected chi connectivity index (χ4v) is 1.32. The largest absolute Gasteiger partial charge is 0.480 e. The van der Waals surface area contributed by atoms with Crippen LogP contribution in [0, 0.1) is 0 Å². The van der Waals surface area contributed by atoms with E-state index in [0.717, 1.165) is 0 Å². The number of rotatable bonds is 5. The van der Waals surface area contributed by atoms with Crippen LogP contribution >= 0.6 is 0 Å². The number of carboxylic acid groups (broad SMARTS) is 1. The van der Waals surface area contributed by atoms with Gasteiger partial charge in [0.1, 0.15) is 6.04 Å². The highest BCUT2D eigenvalue weighted by Gasteiger charge is 2.18. The van der Waals surface area contributed by atoms with Crippen molar-refractivity contribution >= 4 is 17.6 Å². The van der Waals surface area contributed by atoms with E-state index >= 15 is 0 Å². The van der Waals surface area contributed by atoms with Gasteiger partial charge in [0.05, 0.1) is 13.0 Å². The van der Waals surface area contributed by atoms with Gasteiger partial charge in [-0.15, -0.1) is 0 Å². The molecule has 17 heavy (non-hydrogen) atoms. The molecule has 0 aromatic heterocycles. The Morgan fingerprint density at radius 1 is 1.41 bits per heavy atom. The first-order chi connectivity index (χ1) is 8.02. The fraction of sp³-hybridized carbons (Fsp3) is 0.273. The second-order valence-corrected chi connectivity index (χ2v) is 3.56. The average molecular weight is 238 g/mol. The summed E-state index contributed by atoms with van der Waals surface area (Å²) in [5.41, 5.74) is 6.76. The number of carbonyl (C=O) groups is 2. The number of nitrogens with one attached hydrogen (secondary N) is 1. The van der Waals surface area contributed by atoms with E-state index in [2.05, 4.69) is 5.32 Å². The van der Waals surface area contributed by atoms with E-state index in [1.165, 1.54) is 0 Å². The Kier molecular flexibility index (Phi) is 4.47. The Labute approximate surface area is 98.1 Å². The summed E-state index contributed by atoms with van der Waals surface area (Å²) in [5, 5.41) is 19.6. The Morgan fingerprint density at radius 3 is 2.65 bits per heavy atom. The van der Waals surface area contributed by atoms with Gasteiger partial charge in [-0.25, -0.2) is 4.79 Å². The molecule has 1 rings (SSSR count). The number of amides is 1. The van der Waals surface area contributed by atoms with E-state index < -0.39 is 24.5 Å². The molecule has 0 aliphatic carbocycles. The number of hydrogen-bond acceptors (Lipinski definition) is 4. The van der Waals surface area contributed by atoms with Crippen molar-refractivity contribution in [3.05, 3.63) is 29.8 Å². The van der Waals surface area contributed by atoms with Crippen molar-refractivity contribution < 1.29 is 19.8 Å². The van der Waals surface area contributed by atoms with Gasteiger partial charge in [-0.3, -0.25) is 4.79 Å². The normalized spacial score (nSPS) is 11.8. The predicted molar refractivity (Wildman–Crippen MR) is 61.2 cm³/mol. The van der Waals surface area contributed by atoms with Crippen molar-refractivity contribution in [2.45, 2.75) is 12.5 Å². The lowest BCUT2D eigenvalue weighted by atomic mass is 10.1. The smallest absolute Gasteiger partial charge is 0.328 e. The first kappa shape index (κ1) is 13.0. The number of carbonyl (C=O) groups excluding carboxylic acids is 1. The summed E-state index contributed by atoms with van der Waals surface area (Å²) in [6, 6.07) is 5.47. The van der Waals surface area contributed by atoms with Gasteiger partial charge >= 0.3 is 5.97 Å². The molecule has 5 N–H and O–H groups in total. The molecular weight excluding hydrogens is 224 g/mol. The lowest BCUT2D eigenvalue weighted by molar-refractivity contribution is -0.142. The second kappa shape index (κ2) is 5.86. The molecule has 0 radical (unpaired) electrons. The van der Waals surface area contributed by atoms with E-state index in [1.807, 2.05) is 0 Å². The molecule has 1 aromatic rings. The third-order valence-electron chi connectivity index (χ3n) is 2.13.